The number of aryl methyl sites for hydroxylation is 1. The molecule has 0 saturated carbocycles. The number of hydrogen-bond donors (Lipinski definition) is 1. The minimum atomic E-state index is 0.774. The number of nitrogens with zero attached hydrogens (tertiary/aromatic N) is 1. The van der Waals surface area contributed by atoms with Crippen LogP contribution in [0.15, 0.2) is 18.2 Å². The highest BCUT2D eigenvalue weighted by Crippen LogP contribution is 2.27. The molecule has 1 aromatic rings. The van der Waals surface area contributed by atoms with Crippen LogP contribution < -0.4 is 10.6 Å². The SMILES string of the molecule is CCC1CN(c2cc(C)cc(N)c2)CCS1. The van der Waals surface area contributed by atoms with Gasteiger partial charge in [-0.3, -0.25) is 0 Å². The normalized spacial score (nSPS) is 21.1. The predicted molar refractivity (Wildman–Crippen MR) is 74.3 cm³/mol. The molecule has 0 bridgehead atoms. The Morgan fingerprint density at radius 1 is 1.44 bits per heavy atom. The highest BCUT2D eigenvalue weighted by atomic mass is 32.2. The summed E-state index contributed by atoms with van der Waals surface area (Å²) in [6.07, 6.45) is 1.25. The van der Waals surface area contributed by atoms with E-state index in [0.717, 1.165) is 24.0 Å². The number of nitrogen functional groups attached to an aromatic ring is 1. The lowest BCUT2D eigenvalue weighted by Gasteiger charge is -2.34. The number of hydrogen-bond acceptors (Lipinski definition) is 3. The Labute approximate surface area is 102 Å². The van der Waals surface area contributed by atoms with Gasteiger partial charge < -0.3 is 10.6 Å². The summed E-state index contributed by atoms with van der Waals surface area (Å²) in [6.45, 7) is 6.68. The van der Waals surface area contributed by atoms with Crippen LogP contribution in [0, 0.1) is 6.92 Å². The molecule has 0 radical (unpaired) electrons. The fraction of sp³-hybridized carbons (Fsp3) is 0.538. The molecule has 88 valence electrons. The number of nitrogens with two attached hydrogens (primary N) is 1. The van der Waals surface area contributed by atoms with Crippen LogP contribution in [0.1, 0.15) is 18.9 Å². The van der Waals surface area contributed by atoms with Crippen molar-refractivity contribution in [3.8, 4) is 0 Å². The summed E-state index contributed by atoms with van der Waals surface area (Å²) in [7, 11) is 0. The second-order valence-electron chi connectivity index (χ2n) is 4.45. The summed E-state index contributed by atoms with van der Waals surface area (Å²) in [5.41, 5.74) is 9.32. The van der Waals surface area contributed by atoms with Gasteiger partial charge in [0.15, 0.2) is 0 Å². The van der Waals surface area contributed by atoms with E-state index in [2.05, 4.69) is 42.6 Å². The largest absolute Gasteiger partial charge is 0.399 e. The van der Waals surface area contributed by atoms with Crippen LogP contribution in [-0.2, 0) is 0 Å². The predicted octanol–water partition coefficient (Wildman–Crippen LogP) is 2.91. The summed E-state index contributed by atoms with van der Waals surface area (Å²) in [4.78, 5) is 2.47. The van der Waals surface area contributed by atoms with Gasteiger partial charge in [-0.15, -0.1) is 0 Å². The van der Waals surface area contributed by atoms with E-state index in [1.807, 2.05) is 6.07 Å². The van der Waals surface area contributed by atoms with Crippen molar-refractivity contribution < 1.29 is 0 Å². The van der Waals surface area contributed by atoms with Gasteiger partial charge in [-0.25, -0.2) is 0 Å². The van der Waals surface area contributed by atoms with Crippen LogP contribution in [0.5, 0.6) is 0 Å². The van der Waals surface area contributed by atoms with Crippen molar-refractivity contribution in [1.82, 2.24) is 0 Å². The van der Waals surface area contributed by atoms with Crippen molar-refractivity contribution in [1.29, 1.82) is 0 Å². The van der Waals surface area contributed by atoms with E-state index in [1.165, 1.54) is 23.4 Å². The molecule has 2 rings (SSSR count). The molecule has 0 spiro atoms. The third-order valence-electron chi connectivity index (χ3n) is 3.04. The summed E-state index contributed by atoms with van der Waals surface area (Å²) >= 11 is 2.10. The Morgan fingerprint density at radius 2 is 2.25 bits per heavy atom. The van der Waals surface area contributed by atoms with E-state index < -0.39 is 0 Å². The maximum atomic E-state index is 5.90. The molecule has 1 heterocycles. The monoisotopic (exact) mass is 236 g/mol. The Bertz CT molecular complexity index is 345. The van der Waals surface area contributed by atoms with E-state index in [1.54, 1.807) is 0 Å². The Morgan fingerprint density at radius 3 is 2.94 bits per heavy atom. The average Bonchev–Trinajstić information content (AvgIpc) is 2.28. The van der Waals surface area contributed by atoms with Gasteiger partial charge in [0.05, 0.1) is 0 Å². The third-order valence-corrected chi connectivity index (χ3v) is 4.42. The average molecular weight is 236 g/mol. The van der Waals surface area contributed by atoms with Gasteiger partial charge in [-0.05, 0) is 37.1 Å². The molecule has 2 N–H and O–H groups in total. The van der Waals surface area contributed by atoms with E-state index >= 15 is 0 Å². The van der Waals surface area contributed by atoms with Crippen LogP contribution in [0.3, 0.4) is 0 Å². The maximum Gasteiger partial charge on any atom is 0.0390 e. The zero-order valence-electron chi connectivity index (χ0n) is 10.1. The van der Waals surface area contributed by atoms with Crippen molar-refractivity contribution in [3.63, 3.8) is 0 Å². The molecular weight excluding hydrogens is 216 g/mol. The van der Waals surface area contributed by atoms with Gasteiger partial charge in [-0.2, -0.15) is 11.8 Å². The summed E-state index contributed by atoms with van der Waals surface area (Å²) < 4.78 is 0. The first kappa shape index (κ1) is 11.6. The second kappa shape index (κ2) is 5.00. The molecule has 0 aliphatic carbocycles. The molecule has 2 nitrogen and oxygen atoms in total. The smallest absolute Gasteiger partial charge is 0.0390 e. The van der Waals surface area contributed by atoms with Crippen LogP contribution in [0.2, 0.25) is 0 Å². The summed E-state index contributed by atoms with van der Waals surface area (Å²) in [5, 5.41) is 0.774. The maximum absolute atomic E-state index is 5.90. The molecule has 0 aromatic heterocycles. The van der Waals surface area contributed by atoms with E-state index in [9.17, 15) is 0 Å². The van der Waals surface area contributed by atoms with Crippen LogP contribution in [-0.4, -0.2) is 24.1 Å². The van der Waals surface area contributed by atoms with Crippen molar-refractivity contribution in [2.24, 2.45) is 0 Å². The summed E-state index contributed by atoms with van der Waals surface area (Å²) in [6, 6.07) is 6.36. The van der Waals surface area contributed by atoms with Gasteiger partial charge in [0, 0.05) is 35.5 Å². The first-order valence-corrected chi connectivity index (χ1v) is 6.97. The van der Waals surface area contributed by atoms with Gasteiger partial charge in [0.1, 0.15) is 0 Å². The molecular formula is C13H20N2S. The second-order valence-corrected chi connectivity index (χ2v) is 5.86. The number of rotatable bonds is 2. The zero-order chi connectivity index (χ0) is 11.5. The fourth-order valence-electron chi connectivity index (χ4n) is 2.18. The van der Waals surface area contributed by atoms with Crippen LogP contribution in [0.25, 0.3) is 0 Å². The highest BCUT2D eigenvalue weighted by Gasteiger charge is 2.19. The molecule has 1 unspecified atom stereocenters. The van der Waals surface area contributed by atoms with Gasteiger partial charge in [0.25, 0.3) is 0 Å². The quantitative estimate of drug-likeness (QED) is 0.801. The van der Waals surface area contributed by atoms with Crippen molar-refractivity contribution in [2.75, 3.05) is 29.5 Å². The minimum absolute atomic E-state index is 0.774. The molecule has 1 aliphatic heterocycles. The first-order chi connectivity index (χ1) is 7.69. The molecule has 16 heavy (non-hydrogen) atoms. The van der Waals surface area contributed by atoms with Crippen molar-refractivity contribution >= 4 is 23.1 Å². The minimum Gasteiger partial charge on any atom is -0.399 e. The first-order valence-electron chi connectivity index (χ1n) is 5.92. The molecule has 1 saturated heterocycles. The molecule has 3 heteroatoms. The van der Waals surface area contributed by atoms with Crippen LogP contribution in [0.4, 0.5) is 11.4 Å². The third kappa shape index (κ3) is 2.64. The fourth-order valence-corrected chi connectivity index (χ4v) is 3.36. The van der Waals surface area contributed by atoms with Crippen molar-refractivity contribution in [3.05, 3.63) is 23.8 Å². The topological polar surface area (TPSA) is 29.3 Å². The molecule has 1 atom stereocenters. The van der Waals surface area contributed by atoms with Gasteiger partial charge >= 0.3 is 0 Å². The Kier molecular flexibility index (Phi) is 3.64. The Hall–Kier alpha value is -0.830. The highest BCUT2D eigenvalue weighted by molar-refractivity contribution is 8.00. The lowest BCUT2D eigenvalue weighted by Crippen LogP contribution is -2.37. The number of anilines is 2. The van der Waals surface area contributed by atoms with E-state index in [0.29, 0.717) is 0 Å². The number of benzene rings is 1. The molecule has 0 amide bonds. The molecule has 1 fully saturated rings. The lowest BCUT2D eigenvalue weighted by molar-refractivity contribution is 0.728. The van der Waals surface area contributed by atoms with Gasteiger partial charge in [0.2, 0.25) is 0 Å². The van der Waals surface area contributed by atoms with Crippen LogP contribution >= 0.6 is 11.8 Å². The Balaban J connectivity index is 2.16. The standard InChI is InChI=1S/C13H20N2S/c1-3-13-9-15(4-5-16-13)12-7-10(2)6-11(14)8-12/h6-8,13H,3-5,9,14H2,1-2H3. The zero-order valence-corrected chi connectivity index (χ0v) is 10.9. The summed E-state index contributed by atoms with van der Waals surface area (Å²) in [5.74, 6) is 1.23. The van der Waals surface area contributed by atoms with Crippen molar-refractivity contribution in [2.45, 2.75) is 25.5 Å². The molecule has 1 aromatic carbocycles. The van der Waals surface area contributed by atoms with E-state index in [-0.39, 0.29) is 0 Å². The lowest BCUT2D eigenvalue weighted by atomic mass is 10.1. The van der Waals surface area contributed by atoms with E-state index in [4.69, 9.17) is 5.73 Å². The number of thioether (sulfide) groups is 1. The molecule has 1 aliphatic rings. The van der Waals surface area contributed by atoms with Gasteiger partial charge in [-0.1, -0.05) is 6.92 Å².